The monoisotopic (exact) mass is 290 g/mol. The molecular formula is C17H26N2O2. The van der Waals surface area contributed by atoms with E-state index in [0.29, 0.717) is 6.54 Å². The fourth-order valence-corrected chi connectivity index (χ4v) is 2.81. The van der Waals surface area contributed by atoms with Crippen LogP contribution in [-0.2, 0) is 9.53 Å². The summed E-state index contributed by atoms with van der Waals surface area (Å²) in [7, 11) is 1.84. The van der Waals surface area contributed by atoms with Crippen LogP contribution in [0.1, 0.15) is 37.8 Å². The van der Waals surface area contributed by atoms with Gasteiger partial charge in [-0.15, -0.1) is 0 Å². The highest BCUT2D eigenvalue weighted by Crippen LogP contribution is 2.21. The molecule has 0 saturated carbocycles. The van der Waals surface area contributed by atoms with Gasteiger partial charge in [0.05, 0.1) is 12.0 Å². The number of hydrogen-bond acceptors (Lipinski definition) is 3. The predicted molar refractivity (Wildman–Crippen MR) is 83.8 cm³/mol. The van der Waals surface area contributed by atoms with Gasteiger partial charge in [0, 0.05) is 26.2 Å². The molecule has 0 radical (unpaired) electrons. The Morgan fingerprint density at radius 3 is 2.71 bits per heavy atom. The molecule has 0 aromatic heterocycles. The SMILES string of the molecule is C[C@H](C(=O)N(C)C[C@@H]1CCCCO1)[C@@H](N)c1ccccc1. The van der Waals surface area contributed by atoms with Crippen molar-refractivity contribution in [2.24, 2.45) is 11.7 Å². The minimum Gasteiger partial charge on any atom is -0.376 e. The van der Waals surface area contributed by atoms with Crippen molar-refractivity contribution in [2.75, 3.05) is 20.2 Å². The summed E-state index contributed by atoms with van der Waals surface area (Å²) in [6, 6.07) is 9.53. The first-order valence-electron chi connectivity index (χ1n) is 7.76. The molecule has 1 aliphatic heterocycles. The molecule has 4 heteroatoms. The molecule has 1 amide bonds. The maximum atomic E-state index is 12.5. The van der Waals surface area contributed by atoms with Crippen LogP contribution in [0.25, 0.3) is 0 Å². The van der Waals surface area contributed by atoms with Crippen LogP contribution < -0.4 is 5.73 Å². The molecule has 4 nitrogen and oxygen atoms in total. The second-order valence-corrected chi connectivity index (χ2v) is 5.93. The molecule has 1 fully saturated rings. The number of carbonyl (C=O) groups excluding carboxylic acids is 1. The molecule has 2 N–H and O–H groups in total. The fourth-order valence-electron chi connectivity index (χ4n) is 2.81. The zero-order chi connectivity index (χ0) is 15.2. The van der Waals surface area contributed by atoms with Crippen molar-refractivity contribution in [1.82, 2.24) is 4.90 Å². The number of amides is 1. The van der Waals surface area contributed by atoms with Gasteiger partial charge in [-0.1, -0.05) is 37.3 Å². The highest BCUT2D eigenvalue weighted by atomic mass is 16.5. The van der Waals surface area contributed by atoms with E-state index in [1.54, 1.807) is 4.90 Å². The summed E-state index contributed by atoms with van der Waals surface area (Å²) < 4.78 is 5.70. The third-order valence-electron chi connectivity index (χ3n) is 4.24. The predicted octanol–water partition coefficient (Wildman–Crippen LogP) is 2.35. The lowest BCUT2D eigenvalue weighted by Gasteiger charge is -2.30. The Morgan fingerprint density at radius 2 is 2.10 bits per heavy atom. The number of likely N-dealkylation sites (N-methyl/N-ethyl adjacent to an activating group) is 1. The summed E-state index contributed by atoms with van der Waals surface area (Å²) >= 11 is 0. The Kier molecular flexibility index (Phi) is 5.76. The summed E-state index contributed by atoms with van der Waals surface area (Å²) in [6.45, 7) is 3.37. The van der Waals surface area contributed by atoms with E-state index in [0.717, 1.165) is 25.0 Å². The lowest BCUT2D eigenvalue weighted by molar-refractivity contribution is -0.136. The van der Waals surface area contributed by atoms with Crippen LogP contribution in [0.3, 0.4) is 0 Å². The van der Waals surface area contributed by atoms with Crippen molar-refractivity contribution in [3.05, 3.63) is 35.9 Å². The lowest BCUT2D eigenvalue weighted by atomic mass is 9.94. The van der Waals surface area contributed by atoms with Gasteiger partial charge in [0.2, 0.25) is 5.91 Å². The van der Waals surface area contributed by atoms with Gasteiger partial charge < -0.3 is 15.4 Å². The van der Waals surface area contributed by atoms with Crippen LogP contribution in [0, 0.1) is 5.92 Å². The molecule has 1 heterocycles. The van der Waals surface area contributed by atoms with Gasteiger partial charge in [-0.3, -0.25) is 4.79 Å². The number of nitrogens with two attached hydrogens (primary N) is 1. The quantitative estimate of drug-likeness (QED) is 0.905. The van der Waals surface area contributed by atoms with Gasteiger partial charge >= 0.3 is 0 Å². The van der Waals surface area contributed by atoms with E-state index in [2.05, 4.69) is 0 Å². The van der Waals surface area contributed by atoms with E-state index in [-0.39, 0.29) is 24.0 Å². The van der Waals surface area contributed by atoms with Crippen LogP contribution >= 0.6 is 0 Å². The molecule has 0 aliphatic carbocycles. The van der Waals surface area contributed by atoms with Crippen LogP contribution in [0.15, 0.2) is 30.3 Å². The van der Waals surface area contributed by atoms with Crippen LogP contribution in [0.5, 0.6) is 0 Å². The van der Waals surface area contributed by atoms with E-state index < -0.39 is 0 Å². The van der Waals surface area contributed by atoms with Crippen molar-refractivity contribution in [2.45, 2.75) is 38.3 Å². The van der Waals surface area contributed by atoms with Crippen LogP contribution in [-0.4, -0.2) is 37.1 Å². The first kappa shape index (κ1) is 16.0. The Bertz CT molecular complexity index is 443. The second kappa shape index (κ2) is 7.57. The molecule has 1 saturated heterocycles. The minimum absolute atomic E-state index is 0.0838. The summed E-state index contributed by atoms with van der Waals surface area (Å²) in [5.41, 5.74) is 7.23. The Balaban J connectivity index is 1.91. The van der Waals surface area contributed by atoms with Gasteiger partial charge in [0.1, 0.15) is 0 Å². The molecule has 1 aliphatic rings. The number of nitrogens with zero attached hydrogens (tertiary/aromatic N) is 1. The molecule has 21 heavy (non-hydrogen) atoms. The Labute approximate surface area is 127 Å². The zero-order valence-corrected chi connectivity index (χ0v) is 13.0. The average molecular weight is 290 g/mol. The summed E-state index contributed by atoms with van der Waals surface area (Å²) in [4.78, 5) is 14.3. The first-order valence-corrected chi connectivity index (χ1v) is 7.76. The van der Waals surface area contributed by atoms with Crippen molar-refractivity contribution in [1.29, 1.82) is 0 Å². The fraction of sp³-hybridized carbons (Fsp3) is 0.588. The maximum Gasteiger partial charge on any atom is 0.227 e. The second-order valence-electron chi connectivity index (χ2n) is 5.93. The molecule has 1 aromatic carbocycles. The highest BCUT2D eigenvalue weighted by molar-refractivity contribution is 5.79. The smallest absolute Gasteiger partial charge is 0.227 e. The molecule has 0 spiro atoms. The van der Waals surface area contributed by atoms with Gasteiger partial charge in [0.25, 0.3) is 0 Å². The number of benzene rings is 1. The number of ether oxygens (including phenoxy) is 1. The topological polar surface area (TPSA) is 55.6 Å². The molecule has 2 rings (SSSR count). The Morgan fingerprint density at radius 1 is 1.38 bits per heavy atom. The summed E-state index contributed by atoms with van der Waals surface area (Å²) in [5.74, 6) is -0.151. The first-order chi connectivity index (χ1) is 10.1. The molecular weight excluding hydrogens is 264 g/mol. The van der Waals surface area contributed by atoms with Crippen molar-refractivity contribution in [3.63, 3.8) is 0 Å². The van der Waals surface area contributed by atoms with Gasteiger partial charge in [0.15, 0.2) is 0 Å². The molecule has 116 valence electrons. The molecule has 1 aromatic rings. The largest absolute Gasteiger partial charge is 0.376 e. The summed E-state index contributed by atoms with van der Waals surface area (Å²) in [5, 5.41) is 0. The van der Waals surface area contributed by atoms with Crippen molar-refractivity contribution in [3.8, 4) is 0 Å². The standard InChI is InChI=1S/C17H26N2O2/c1-13(16(18)14-8-4-3-5-9-14)17(20)19(2)12-15-10-6-7-11-21-15/h3-5,8-9,13,15-16H,6-7,10-12,18H2,1-2H3/t13-,15-,16+/m0/s1. The Hall–Kier alpha value is -1.39. The minimum atomic E-state index is -0.270. The highest BCUT2D eigenvalue weighted by Gasteiger charge is 2.26. The zero-order valence-electron chi connectivity index (χ0n) is 13.0. The average Bonchev–Trinajstić information content (AvgIpc) is 2.54. The molecule has 0 unspecified atom stereocenters. The summed E-state index contributed by atoms with van der Waals surface area (Å²) in [6.07, 6.45) is 3.53. The van der Waals surface area contributed by atoms with Gasteiger partial charge in [-0.25, -0.2) is 0 Å². The third-order valence-corrected chi connectivity index (χ3v) is 4.24. The number of carbonyl (C=O) groups is 1. The van der Waals surface area contributed by atoms with Gasteiger partial charge in [-0.2, -0.15) is 0 Å². The molecule has 0 bridgehead atoms. The van der Waals surface area contributed by atoms with Gasteiger partial charge in [-0.05, 0) is 24.8 Å². The van der Waals surface area contributed by atoms with E-state index >= 15 is 0 Å². The van der Waals surface area contributed by atoms with E-state index in [1.807, 2.05) is 44.3 Å². The van der Waals surface area contributed by atoms with Crippen LogP contribution in [0.4, 0.5) is 0 Å². The number of hydrogen-bond donors (Lipinski definition) is 1. The van der Waals surface area contributed by atoms with Crippen LogP contribution in [0.2, 0.25) is 0 Å². The van der Waals surface area contributed by atoms with E-state index in [4.69, 9.17) is 10.5 Å². The lowest BCUT2D eigenvalue weighted by Crippen LogP contribution is -2.42. The maximum absolute atomic E-state index is 12.5. The third kappa shape index (κ3) is 4.29. The van der Waals surface area contributed by atoms with E-state index in [9.17, 15) is 4.79 Å². The number of rotatable bonds is 5. The van der Waals surface area contributed by atoms with Crippen molar-refractivity contribution >= 4 is 5.91 Å². The normalized spacial score (nSPS) is 21.6. The molecule has 3 atom stereocenters. The van der Waals surface area contributed by atoms with Crippen molar-refractivity contribution < 1.29 is 9.53 Å². The van der Waals surface area contributed by atoms with E-state index in [1.165, 1.54) is 6.42 Å².